The number of amides is 1. The maximum Gasteiger partial charge on any atom is 0.261 e. The zero-order valence-corrected chi connectivity index (χ0v) is 18.8. The molecule has 2 aromatic rings. The molecule has 1 heterocycles. The number of nitrogens with zero attached hydrogens (tertiary/aromatic N) is 5. The van der Waals surface area contributed by atoms with Gasteiger partial charge in [-0.05, 0) is 39.3 Å². The fourth-order valence-corrected chi connectivity index (χ4v) is 3.40. The molecule has 2 rings (SSSR count). The van der Waals surface area contributed by atoms with Crippen LogP contribution in [0, 0.1) is 0 Å². The predicted molar refractivity (Wildman–Crippen MR) is 122 cm³/mol. The van der Waals surface area contributed by atoms with E-state index in [-0.39, 0.29) is 11.5 Å². The van der Waals surface area contributed by atoms with E-state index < -0.39 is 0 Å². The normalized spacial score (nSPS) is 11.1. The van der Waals surface area contributed by atoms with E-state index in [9.17, 15) is 4.79 Å². The number of aromatic nitrogens is 2. The Morgan fingerprint density at radius 3 is 2.31 bits per heavy atom. The molecule has 0 saturated carbocycles. The summed E-state index contributed by atoms with van der Waals surface area (Å²) in [6.07, 6.45) is 5.25. The van der Waals surface area contributed by atoms with E-state index in [1.54, 1.807) is 29.3 Å². The number of aliphatic imine (C=N–C) groups is 1. The molecule has 0 fully saturated rings. The van der Waals surface area contributed by atoms with Gasteiger partial charge in [0.2, 0.25) is 5.95 Å². The standard InChI is InChI=1S/C21H27Cl2N5O/c1-5-9-13-24-19-17(14-25-21(26-19)27(6-2)7-3)28(8-4)20(29)18-15(22)11-10-12-16(18)23/h10-14H,5-9H2,1-4H3. The second-order valence-electron chi connectivity index (χ2n) is 6.30. The Morgan fingerprint density at radius 1 is 1.10 bits per heavy atom. The van der Waals surface area contributed by atoms with Gasteiger partial charge in [-0.1, -0.05) is 42.6 Å². The average molecular weight is 436 g/mol. The molecule has 0 aliphatic rings. The summed E-state index contributed by atoms with van der Waals surface area (Å²) < 4.78 is 0. The summed E-state index contributed by atoms with van der Waals surface area (Å²) in [5, 5.41) is 0.607. The van der Waals surface area contributed by atoms with Gasteiger partial charge in [0.15, 0.2) is 5.82 Å². The number of halogens is 2. The van der Waals surface area contributed by atoms with Gasteiger partial charge >= 0.3 is 0 Å². The molecule has 0 spiro atoms. The molecule has 6 nitrogen and oxygen atoms in total. The van der Waals surface area contributed by atoms with Crippen molar-refractivity contribution < 1.29 is 4.79 Å². The highest BCUT2D eigenvalue weighted by Gasteiger charge is 2.25. The van der Waals surface area contributed by atoms with Crippen LogP contribution in [0.1, 0.15) is 50.9 Å². The van der Waals surface area contributed by atoms with Crippen molar-refractivity contribution in [2.75, 3.05) is 29.4 Å². The quantitative estimate of drug-likeness (QED) is 0.466. The molecule has 1 aromatic carbocycles. The Kier molecular flexibility index (Phi) is 8.86. The molecule has 0 aliphatic carbocycles. The second-order valence-corrected chi connectivity index (χ2v) is 7.11. The second kappa shape index (κ2) is 11.1. The zero-order valence-electron chi connectivity index (χ0n) is 17.3. The van der Waals surface area contributed by atoms with Crippen molar-refractivity contribution in [3.8, 4) is 0 Å². The number of rotatable bonds is 9. The summed E-state index contributed by atoms with van der Waals surface area (Å²) in [7, 11) is 0. The monoisotopic (exact) mass is 435 g/mol. The van der Waals surface area contributed by atoms with Gasteiger partial charge in [-0.2, -0.15) is 4.98 Å². The number of hydrogen-bond acceptors (Lipinski definition) is 5. The number of carbonyl (C=O) groups is 1. The first kappa shape index (κ1) is 23.1. The van der Waals surface area contributed by atoms with Crippen LogP contribution in [-0.4, -0.2) is 41.7 Å². The molecule has 0 aliphatic heterocycles. The lowest BCUT2D eigenvalue weighted by atomic mass is 10.2. The number of unbranched alkanes of at least 4 members (excludes halogenated alkanes) is 1. The highest BCUT2D eigenvalue weighted by Crippen LogP contribution is 2.32. The van der Waals surface area contributed by atoms with Gasteiger partial charge in [-0.15, -0.1) is 0 Å². The topological polar surface area (TPSA) is 61.7 Å². The van der Waals surface area contributed by atoms with Crippen LogP contribution in [-0.2, 0) is 0 Å². The molecule has 1 amide bonds. The molecule has 0 atom stereocenters. The molecule has 0 radical (unpaired) electrons. The lowest BCUT2D eigenvalue weighted by Gasteiger charge is -2.24. The average Bonchev–Trinajstić information content (AvgIpc) is 2.71. The third kappa shape index (κ3) is 5.46. The zero-order chi connectivity index (χ0) is 21.4. The Balaban J connectivity index is 2.55. The Bertz CT molecular complexity index is 848. The Labute approximate surface area is 182 Å². The van der Waals surface area contributed by atoms with Gasteiger partial charge in [-0.25, -0.2) is 9.98 Å². The third-order valence-corrected chi connectivity index (χ3v) is 5.07. The number of benzene rings is 1. The summed E-state index contributed by atoms with van der Waals surface area (Å²) in [5.74, 6) is 0.727. The Hall–Kier alpha value is -2.18. The molecule has 0 unspecified atom stereocenters. The summed E-state index contributed by atoms with van der Waals surface area (Å²) in [5.41, 5.74) is 0.783. The summed E-state index contributed by atoms with van der Waals surface area (Å²) >= 11 is 12.5. The minimum atomic E-state index is -0.311. The highest BCUT2D eigenvalue weighted by atomic mass is 35.5. The fourth-order valence-electron chi connectivity index (χ4n) is 2.84. The van der Waals surface area contributed by atoms with E-state index in [4.69, 9.17) is 23.2 Å². The van der Waals surface area contributed by atoms with E-state index in [0.29, 0.717) is 34.0 Å². The predicted octanol–water partition coefficient (Wildman–Crippen LogP) is 5.80. The maximum atomic E-state index is 13.3. The maximum absolute atomic E-state index is 13.3. The molecular weight excluding hydrogens is 409 g/mol. The molecule has 29 heavy (non-hydrogen) atoms. The van der Waals surface area contributed by atoms with E-state index in [2.05, 4.69) is 21.9 Å². The first-order valence-corrected chi connectivity index (χ1v) is 10.6. The summed E-state index contributed by atoms with van der Waals surface area (Å²) in [6, 6.07) is 5.00. The first-order chi connectivity index (χ1) is 14.0. The van der Waals surface area contributed by atoms with Crippen LogP contribution in [0.25, 0.3) is 0 Å². The highest BCUT2D eigenvalue weighted by molar-refractivity contribution is 6.40. The van der Waals surface area contributed by atoms with Crippen LogP contribution in [0.5, 0.6) is 0 Å². The van der Waals surface area contributed by atoms with Crippen molar-refractivity contribution in [1.82, 2.24) is 9.97 Å². The minimum absolute atomic E-state index is 0.258. The lowest BCUT2D eigenvalue weighted by Crippen LogP contribution is -2.32. The molecular formula is C21H27Cl2N5O. The van der Waals surface area contributed by atoms with Gasteiger partial charge in [0.25, 0.3) is 5.91 Å². The lowest BCUT2D eigenvalue weighted by molar-refractivity contribution is 0.0988. The van der Waals surface area contributed by atoms with Crippen LogP contribution in [0.2, 0.25) is 10.0 Å². The van der Waals surface area contributed by atoms with Gasteiger partial charge in [0, 0.05) is 25.8 Å². The fraction of sp³-hybridized carbons (Fsp3) is 0.429. The van der Waals surface area contributed by atoms with Crippen LogP contribution < -0.4 is 9.80 Å². The molecule has 0 bridgehead atoms. The molecule has 156 valence electrons. The number of carbonyl (C=O) groups excluding carboxylic acids is 1. The SMILES string of the molecule is CCCC=Nc1nc(N(CC)CC)ncc1N(CC)C(=O)c1c(Cl)cccc1Cl. The van der Waals surface area contributed by atoms with Gasteiger partial charge in [0.05, 0.1) is 21.8 Å². The summed E-state index contributed by atoms with van der Waals surface area (Å²) in [6.45, 7) is 9.99. The van der Waals surface area contributed by atoms with Crippen LogP contribution >= 0.6 is 23.2 Å². The Morgan fingerprint density at radius 2 is 1.76 bits per heavy atom. The van der Waals surface area contributed by atoms with Crippen molar-refractivity contribution in [3.63, 3.8) is 0 Å². The van der Waals surface area contributed by atoms with E-state index in [0.717, 1.165) is 25.9 Å². The van der Waals surface area contributed by atoms with E-state index in [1.165, 1.54) is 0 Å². The van der Waals surface area contributed by atoms with Crippen LogP contribution in [0.4, 0.5) is 17.5 Å². The molecule has 0 N–H and O–H groups in total. The first-order valence-electron chi connectivity index (χ1n) is 9.88. The van der Waals surface area contributed by atoms with Crippen molar-refractivity contribution in [3.05, 3.63) is 40.0 Å². The number of anilines is 2. The number of hydrogen-bond donors (Lipinski definition) is 0. The van der Waals surface area contributed by atoms with Crippen LogP contribution in [0.3, 0.4) is 0 Å². The van der Waals surface area contributed by atoms with Gasteiger partial charge in [-0.3, -0.25) is 4.79 Å². The van der Waals surface area contributed by atoms with Crippen molar-refractivity contribution >= 4 is 52.8 Å². The smallest absolute Gasteiger partial charge is 0.261 e. The largest absolute Gasteiger partial charge is 0.341 e. The van der Waals surface area contributed by atoms with Crippen molar-refractivity contribution in [1.29, 1.82) is 0 Å². The third-order valence-electron chi connectivity index (χ3n) is 4.44. The summed E-state index contributed by atoms with van der Waals surface area (Å²) in [4.78, 5) is 30.5. The van der Waals surface area contributed by atoms with E-state index in [1.807, 2.05) is 31.9 Å². The van der Waals surface area contributed by atoms with Gasteiger partial charge in [0.1, 0.15) is 5.69 Å². The van der Waals surface area contributed by atoms with Gasteiger partial charge < -0.3 is 9.80 Å². The van der Waals surface area contributed by atoms with Crippen molar-refractivity contribution in [2.24, 2.45) is 4.99 Å². The minimum Gasteiger partial charge on any atom is -0.341 e. The molecule has 8 heteroatoms. The van der Waals surface area contributed by atoms with Crippen molar-refractivity contribution in [2.45, 2.75) is 40.5 Å². The molecule has 1 aromatic heterocycles. The van der Waals surface area contributed by atoms with E-state index >= 15 is 0 Å². The molecule has 0 saturated heterocycles. The van der Waals surface area contributed by atoms with Crippen LogP contribution in [0.15, 0.2) is 29.4 Å².